The van der Waals surface area contributed by atoms with Crippen molar-refractivity contribution in [1.82, 2.24) is 10.2 Å². The number of hydrogen-bond donors (Lipinski definition) is 1. The number of piperidine rings is 1. The molecule has 0 spiro atoms. The van der Waals surface area contributed by atoms with E-state index in [1.54, 1.807) is 17.0 Å². The van der Waals surface area contributed by atoms with Gasteiger partial charge >= 0.3 is 5.97 Å². The Kier molecular flexibility index (Phi) is 7.63. The highest BCUT2D eigenvalue weighted by Gasteiger charge is 2.60. The molecular weight excluding hydrogens is 528 g/mol. The third-order valence-electron chi connectivity index (χ3n) is 8.15. The van der Waals surface area contributed by atoms with Crippen LogP contribution in [0.1, 0.15) is 57.6 Å². The molecule has 1 N–H and O–H groups in total. The number of esters is 1. The van der Waals surface area contributed by atoms with Crippen molar-refractivity contribution in [2.24, 2.45) is 16.7 Å². The standard InChI is InChI=1S/C31H38N2O8/c1-18-7-9-22(40-18)15-32-27(34)12-21-14-31(29(36)37-6)19(2)41-26(30(3,4)5)13-25(31)33(28(21)35)16-20-8-10-23-24(11-20)39-17-38-23/h7-11,13,19,21,26H,12,14-17H2,1-6H3,(H,32,34)/t19-,21+,26-,31+/m1/s1. The monoisotopic (exact) mass is 566 g/mol. The molecule has 220 valence electrons. The van der Waals surface area contributed by atoms with Crippen molar-refractivity contribution in [2.75, 3.05) is 13.9 Å². The van der Waals surface area contributed by atoms with Crippen molar-refractivity contribution in [2.45, 2.75) is 72.8 Å². The van der Waals surface area contributed by atoms with Gasteiger partial charge in [-0.25, -0.2) is 0 Å². The van der Waals surface area contributed by atoms with Crippen LogP contribution in [0.5, 0.6) is 11.5 Å². The molecule has 5 rings (SSSR count). The molecule has 10 heteroatoms. The van der Waals surface area contributed by atoms with Crippen molar-refractivity contribution >= 4 is 17.8 Å². The van der Waals surface area contributed by atoms with E-state index in [0.29, 0.717) is 23.0 Å². The van der Waals surface area contributed by atoms with Gasteiger partial charge in [-0.1, -0.05) is 26.8 Å². The van der Waals surface area contributed by atoms with E-state index in [2.05, 4.69) is 5.32 Å². The molecule has 0 saturated carbocycles. The van der Waals surface area contributed by atoms with Crippen molar-refractivity contribution in [3.8, 4) is 11.5 Å². The number of aryl methyl sites for hydroxylation is 1. The Balaban J connectivity index is 1.51. The third kappa shape index (κ3) is 5.45. The first-order valence-corrected chi connectivity index (χ1v) is 13.9. The zero-order valence-electron chi connectivity index (χ0n) is 24.4. The highest BCUT2D eigenvalue weighted by molar-refractivity contribution is 5.92. The number of nitrogens with one attached hydrogen (secondary N) is 1. The third-order valence-corrected chi connectivity index (χ3v) is 8.15. The molecule has 0 radical (unpaired) electrons. The number of methoxy groups -OCH3 is 1. The molecule has 2 aromatic rings. The van der Waals surface area contributed by atoms with Gasteiger partial charge in [0.2, 0.25) is 18.6 Å². The van der Waals surface area contributed by atoms with Crippen molar-refractivity contribution in [3.63, 3.8) is 0 Å². The molecule has 1 saturated heterocycles. The van der Waals surface area contributed by atoms with Gasteiger partial charge in [0.05, 0.1) is 32.4 Å². The van der Waals surface area contributed by atoms with Gasteiger partial charge in [0.25, 0.3) is 0 Å². The maximum atomic E-state index is 14.2. The van der Waals surface area contributed by atoms with Crippen LogP contribution in [0.2, 0.25) is 0 Å². The molecule has 2 amide bonds. The summed E-state index contributed by atoms with van der Waals surface area (Å²) in [6.07, 6.45) is 0.916. The van der Waals surface area contributed by atoms with Crippen LogP contribution in [0.3, 0.4) is 0 Å². The summed E-state index contributed by atoms with van der Waals surface area (Å²) in [4.78, 5) is 42.6. The average Bonchev–Trinajstić information content (AvgIpc) is 3.57. The summed E-state index contributed by atoms with van der Waals surface area (Å²) in [6, 6.07) is 9.13. The number of fused-ring (bicyclic) bond motifs is 2. The van der Waals surface area contributed by atoms with Crippen LogP contribution in [-0.2, 0) is 36.9 Å². The number of amides is 2. The largest absolute Gasteiger partial charge is 0.468 e. The van der Waals surface area contributed by atoms with Gasteiger partial charge in [-0.05, 0) is 61.6 Å². The summed E-state index contributed by atoms with van der Waals surface area (Å²) < 4.78 is 28.3. The highest BCUT2D eigenvalue weighted by Crippen LogP contribution is 2.52. The molecule has 1 fully saturated rings. The maximum Gasteiger partial charge on any atom is 0.320 e. The molecule has 10 nitrogen and oxygen atoms in total. The zero-order valence-corrected chi connectivity index (χ0v) is 24.4. The van der Waals surface area contributed by atoms with Gasteiger partial charge in [0, 0.05) is 18.0 Å². The van der Waals surface area contributed by atoms with E-state index in [4.69, 9.17) is 23.4 Å². The second-order valence-electron chi connectivity index (χ2n) is 12.1. The first kappa shape index (κ1) is 28.7. The molecule has 0 aliphatic carbocycles. The summed E-state index contributed by atoms with van der Waals surface area (Å²) >= 11 is 0. The van der Waals surface area contributed by atoms with Gasteiger partial charge in [0.1, 0.15) is 16.9 Å². The summed E-state index contributed by atoms with van der Waals surface area (Å²) in [6.45, 7) is 10.3. The van der Waals surface area contributed by atoms with E-state index in [0.717, 1.165) is 11.3 Å². The highest BCUT2D eigenvalue weighted by atomic mass is 16.7. The molecule has 3 aliphatic heterocycles. The van der Waals surface area contributed by atoms with Crippen LogP contribution in [0, 0.1) is 23.7 Å². The Labute approximate surface area is 239 Å². The SMILES string of the molecule is COC(=O)[C@]12C[C@H](CC(=O)NCc3ccc(C)o3)C(=O)N(Cc3ccc4c(c3)OCO4)C1=C[C@H](C(C)(C)C)O[C@@H]2C. The molecule has 4 heterocycles. The van der Waals surface area contributed by atoms with E-state index in [-0.39, 0.29) is 56.1 Å². The lowest BCUT2D eigenvalue weighted by molar-refractivity contribution is -0.180. The minimum atomic E-state index is -1.27. The summed E-state index contributed by atoms with van der Waals surface area (Å²) in [7, 11) is 1.34. The molecule has 1 aromatic heterocycles. The van der Waals surface area contributed by atoms with Crippen LogP contribution in [0.15, 0.2) is 46.5 Å². The normalized spacial score (nSPS) is 25.4. The summed E-state index contributed by atoms with van der Waals surface area (Å²) in [5.74, 6) is 0.764. The number of ether oxygens (including phenoxy) is 4. The lowest BCUT2D eigenvalue weighted by Crippen LogP contribution is -2.60. The molecule has 4 atom stereocenters. The number of nitrogens with zero attached hydrogens (tertiary/aromatic N) is 1. The summed E-state index contributed by atoms with van der Waals surface area (Å²) in [5, 5.41) is 2.84. The number of hydrogen-bond acceptors (Lipinski definition) is 8. The van der Waals surface area contributed by atoms with Crippen LogP contribution in [0.4, 0.5) is 0 Å². The number of likely N-dealkylation sites (tertiary alicyclic amines) is 1. The Hall–Kier alpha value is -3.79. The first-order valence-electron chi connectivity index (χ1n) is 13.9. The Morgan fingerprint density at radius 3 is 2.59 bits per heavy atom. The first-order chi connectivity index (χ1) is 19.4. The fraction of sp³-hybridized carbons (Fsp3) is 0.516. The Morgan fingerprint density at radius 2 is 1.90 bits per heavy atom. The average molecular weight is 567 g/mol. The van der Waals surface area contributed by atoms with E-state index in [9.17, 15) is 14.4 Å². The second-order valence-corrected chi connectivity index (χ2v) is 12.1. The van der Waals surface area contributed by atoms with Crippen molar-refractivity contribution in [1.29, 1.82) is 0 Å². The number of rotatable bonds is 7. The summed E-state index contributed by atoms with van der Waals surface area (Å²) in [5.41, 5.74) is -0.220. The number of benzene rings is 1. The second kappa shape index (κ2) is 10.9. The number of carbonyl (C=O) groups excluding carboxylic acids is 3. The van der Waals surface area contributed by atoms with Crippen molar-refractivity contribution < 1.29 is 37.7 Å². The smallest absolute Gasteiger partial charge is 0.320 e. The van der Waals surface area contributed by atoms with Gasteiger partial charge < -0.3 is 33.6 Å². The number of carbonyl (C=O) groups is 3. The molecule has 3 aliphatic rings. The van der Waals surface area contributed by atoms with Gasteiger partial charge in [0.15, 0.2) is 11.5 Å². The zero-order chi connectivity index (χ0) is 29.5. The van der Waals surface area contributed by atoms with Crippen LogP contribution >= 0.6 is 0 Å². The van der Waals surface area contributed by atoms with E-state index >= 15 is 0 Å². The molecule has 41 heavy (non-hydrogen) atoms. The van der Waals surface area contributed by atoms with Gasteiger partial charge in [-0.2, -0.15) is 0 Å². The lowest BCUT2D eigenvalue weighted by atomic mass is 9.65. The topological polar surface area (TPSA) is 117 Å². The Morgan fingerprint density at radius 1 is 1.15 bits per heavy atom. The fourth-order valence-electron chi connectivity index (χ4n) is 5.89. The fourth-order valence-corrected chi connectivity index (χ4v) is 5.89. The molecule has 1 aromatic carbocycles. The van der Waals surface area contributed by atoms with E-state index in [1.165, 1.54) is 7.11 Å². The lowest BCUT2D eigenvalue weighted by Gasteiger charge is -2.53. The maximum absolute atomic E-state index is 14.2. The minimum Gasteiger partial charge on any atom is -0.468 e. The van der Waals surface area contributed by atoms with Crippen LogP contribution in [-0.4, -0.2) is 48.8 Å². The van der Waals surface area contributed by atoms with Gasteiger partial charge in [-0.15, -0.1) is 0 Å². The van der Waals surface area contributed by atoms with E-state index in [1.807, 2.05) is 58.9 Å². The van der Waals surface area contributed by atoms with Crippen LogP contribution < -0.4 is 14.8 Å². The van der Waals surface area contributed by atoms with Gasteiger partial charge in [-0.3, -0.25) is 14.4 Å². The Bertz CT molecular complexity index is 1370. The molecule has 0 bridgehead atoms. The van der Waals surface area contributed by atoms with E-state index < -0.39 is 23.4 Å². The number of furan rings is 1. The quantitative estimate of drug-likeness (QED) is 0.495. The predicted octanol–water partition coefficient (Wildman–Crippen LogP) is 4.25. The molecular formula is C31H38N2O8. The predicted molar refractivity (Wildman–Crippen MR) is 147 cm³/mol. The van der Waals surface area contributed by atoms with Crippen molar-refractivity contribution in [3.05, 3.63) is 59.2 Å². The minimum absolute atomic E-state index is 0.0906. The van der Waals surface area contributed by atoms with Crippen LogP contribution in [0.25, 0.3) is 0 Å². The molecule has 0 unspecified atom stereocenters.